The Hall–Kier alpha value is -1.44. The summed E-state index contributed by atoms with van der Waals surface area (Å²) in [7, 11) is 3.89. The first kappa shape index (κ1) is 9.76. The first-order chi connectivity index (χ1) is 7.83. The molecular weight excluding hydrogens is 198 g/mol. The smallest absolute Gasteiger partial charge is 0.143 e. The molecule has 2 nitrogen and oxygen atoms in total. The SMILES string of the molecule is COc1cccc2c3c(n(C)c12)CC[CH]C3. The predicted molar refractivity (Wildman–Crippen MR) is 65.8 cm³/mol. The predicted octanol–water partition coefficient (Wildman–Crippen LogP) is 2.88. The van der Waals surface area contributed by atoms with Crippen LogP contribution in [0.1, 0.15) is 17.7 Å². The lowest BCUT2D eigenvalue weighted by Crippen LogP contribution is -2.05. The number of ether oxygens (including phenoxy) is 1. The molecule has 0 atom stereocenters. The second-order valence-electron chi connectivity index (χ2n) is 4.37. The van der Waals surface area contributed by atoms with Crippen LogP contribution < -0.4 is 4.74 Å². The van der Waals surface area contributed by atoms with Crippen LogP contribution in [0.2, 0.25) is 0 Å². The molecule has 16 heavy (non-hydrogen) atoms. The summed E-state index contributed by atoms with van der Waals surface area (Å²) in [5.74, 6) is 0.981. The molecule has 0 N–H and O–H groups in total. The standard InChI is InChI=1S/C14H16NO/c1-15-12-8-4-3-6-10(12)11-7-5-9-13(16-2)14(11)15/h3,5,7,9H,4,6,8H2,1-2H3. The van der Waals surface area contributed by atoms with Crippen LogP contribution in [-0.2, 0) is 19.9 Å². The molecule has 0 spiro atoms. The molecular formula is C14H16NO. The van der Waals surface area contributed by atoms with E-state index in [0.717, 1.165) is 18.6 Å². The minimum absolute atomic E-state index is 0.981. The fourth-order valence-corrected chi connectivity index (χ4v) is 2.80. The summed E-state index contributed by atoms with van der Waals surface area (Å²) < 4.78 is 7.76. The Kier molecular flexibility index (Phi) is 2.16. The van der Waals surface area contributed by atoms with E-state index in [4.69, 9.17) is 4.74 Å². The number of para-hydroxylation sites is 1. The summed E-state index contributed by atoms with van der Waals surface area (Å²) in [6.45, 7) is 0. The molecule has 3 rings (SSSR count). The summed E-state index contributed by atoms with van der Waals surface area (Å²) in [4.78, 5) is 0. The van der Waals surface area contributed by atoms with Crippen molar-refractivity contribution in [3.8, 4) is 5.75 Å². The van der Waals surface area contributed by atoms with Crippen molar-refractivity contribution in [2.75, 3.05) is 7.11 Å². The van der Waals surface area contributed by atoms with Gasteiger partial charge in [0.1, 0.15) is 5.75 Å². The third-order valence-corrected chi connectivity index (χ3v) is 3.57. The zero-order chi connectivity index (χ0) is 11.1. The molecule has 1 aliphatic rings. The second kappa shape index (κ2) is 3.55. The maximum Gasteiger partial charge on any atom is 0.143 e. The largest absolute Gasteiger partial charge is 0.495 e. The average Bonchev–Trinajstić information content (AvgIpc) is 2.64. The molecule has 0 bridgehead atoms. The van der Waals surface area contributed by atoms with Crippen molar-refractivity contribution in [2.24, 2.45) is 7.05 Å². The highest BCUT2D eigenvalue weighted by atomic mass is 16.5. The van der Waals surface area contributed by atoms with Crippen LogP contribution >= 0.6 is 0 Å². The monoisotopic (exact) mass is 214 g/mol. The van der Waals surface area contributed by atoms with Gasteiger partial charge >= 0.3 is 0 Å². The minimum Gasteiger partial charge on any atom is -0.495 e. The molecule has 0 saturated carbocycles. The van der Waals surface area contributed by atoms with Crippen LogP contribution in [0, 0.1) is 6.42 Å². The Morgan fingerprint density at radius 1 is 1.31 bits per heavy atom. The van der Waals surface area contributed by atoms with E-state index in [0.29, 0.717) is 0 Å². The number of nitrogens with zero attached hydrogens (tertiary/aromatic N) is 1. The van der Waals surface area contributed by atoms with E-state index in [-0.39, 0.29) is 0 Å². The summed E-state index contributed by atoms with van der Waals surface area (Å²) in [6, 6.07) is 6.32. The summed E-state index contributed by atoms with van der Waals surface area (Å²) in [6.07, 6.45) is 5.82. The van der Waals surface area contributed by atoms with E-state index in [2.05, 4.69) is 30.2 Å². The van der Waals surface area contributed by atoms with Gasteiger partial charge in [-0.25, -0.2) is 0 Å². The Labute approximate surface area is 95.8 Å². The van der Waals surface area contributed by atoms with Gasteiger partial charge < -0.3 is 9.30 Å². The lowest BCUT2D eigenvalue weighted by Gasteiger charge is -2.12. The van der Waals surface area contributed by atoms with Gasteiger partial charge in [-0.15, -0.1) is 0 Å². The van der Waals surface area contributed by atoms with Crippen LogP contribution in [-0.4, -0.2) is 11.7 Å². The molecule has 0 saturated heterocycles. The zero-order valence-electron chi connectivity index (χ0n) is 9.79. The van der Waals surface area contributed by atoms with Crippen molar-refractivity contribution in [1.29, 1.82) is 0 Å². The lowest BCUT2D eigenvalue weighted by atomic mass is 9.95. The van der Waals surface area contributed by atoms with Crippen LogP contribution in [0.4, 0.5) is 0 Å². The highest BCUT2D eigenvalue weighted by Gasteiger charge is 2.19. The zero-order valence-corrected chi connectivity index (χ0v) is 9.79. The number of methoxy groups -OCH3 is 1. The first-order valence-electron chi connectivity index (χ1n) is 5.77. The van der Waals surface area contributed by atoms with Crippen molar-refractivity contribution in [3.63, 3.8) is 0 Å². The van der Waals surface area contributed by atoms with Crippen LogP contribution in [0.15, 0.2) is 18.2 Å². The summed E-state index contributed by atoms with van der Waals surface area (Å²) in [5.41, 5.74) is 4.20. The first-order valence-corrected chi connectivity index (χ1v) is 5.77. The van der Waals surface area contributed by atoms with Gasteiger partial charge in [-0.1, -0.05) is 12.1 Å². The third kappa shape index (κ3) is 1.19. The number of hydrogen-bond acceptors (Lipinski definition) is 1. The van der Waals surface area contributed by atoms with Crippen molar-refractivity contribution in [2.45, 2.75) is 19.3 Å². The Balaban J connectivity index is 2.39. The normalized spacial score (nSPS) is 15.1. The quantitative estimate of drug-likeness (QED) is 0.712. The van der Waals surface area contributed by atoms with Gasteiger partial charge in [0, 0.05) is 18.1 Å². The maximum atomic E-state index is 5.45. The van der Waals surface area contributed by atoms with Gasteiger partial charge in [-0.2, -0.15) is 0 Å². The van der Waals surface area contributed by atoms with Crippen molar-refractivity contribution < 1.29 is 4.74 Å². The molecule has 0 unspecified atom stereocenters. The van der Waals surface area contributed by atoms with E-state index < -0.39 is 0 Å². The molecule has 1 aromatic carbocycles. The third-order valence-electron chi connectivity index (χ3n) is 3.57. The molecule has 83 valence electrons. The van der Waals surface area contributed by atoms with Crippen molar-refractivity contribution >= 4 is 10.9 Å². The molecule has 2 heteroatoms. The van der Waals surface area contributed by atoms with Gasteiger partial charge in [0.15, 0.2) is 0 Å². The molecule has 0 aliphatic heterocycles. The number of aryl methyl sites for hydroxylation is 1. The van der Waals surface area contributed by atoms with Crippen LogP contribution in [0.25, 0.3) is 10.9 Å². The number of aromatic nitrogens is 1. The Morgan fingerprint density at radius 2 is 2.19 bits per heavy atom. The van der Waals surface area contributed by atoms with Gasteiger partial charge in [0.05, 0.1) is 12.6 Å². The molecule has 1 radical (unpaired) electrons. The van der Waals surface area contributed by atoms with Crippen LogP contribution in [0.3, 0.4) is 0 Å². The Bertz CT molecular complexity index is 539. The van der Waals surface area contributed by atoms with E-state index in [1.807, 2.05) is 6.07 Å². The van der Waals surface area contributed by atoms with E-state index in [1.165, 1.54) is 28.6 Å². The van der Waals surface area contributed by atoms with Gasteiger partial charge in [-0.05, 0) is 37.3 Å². The average molecular weight is 214 g/mol. The van der Waals surface area contributed by atoms with Crippen molar-refractivity contribution in [3.05, 3.63) is 35.9 Å². The molecule has 0 amide bonds. The molecule has 1 heterocycles. The number of rotatable bonds is 1. The number of fused-ring (bicyclic) bond motifs is 3. The van der Waals surface area contributed by atoms with E-state index in [1.54, 1.807) is 7.11 Å². The molecule has 1 aliphatic carbocycles. The summed E-state index contributed by atoms with van der Waals surface area (Å²) >= 11 is 0. The molecule has 1 aromatic heterocycles. The lowest BCUT2D eigenvalue weighted by molar-refractivity contribution is 0.417. The second-order valence-corrected chi connectivity index (χ2v) is 4.37. The van der Waals surface area contributed by atoms with E-state index in [9.17, 15) is 0 Å². The minimum atomic E-state index is 0.981. The number of hydrogen-bond donors (Lipinski definition) is 0. The molecule has 2 aromatic rings. The van der Waals surface area contributed by atoms with Crippen LogP contribution in [0.5, 0.6) is 5.75 Å². The Morgan fingerprint density at radius 3 is 3.00 bits per heavy atom. The fraction of sp³-hybridized carbons (Fsp3) is 0.357. The topological polar surface area (TPSA) is 14.2 Å². The van der Waals surface area contributed by atoms with Gasteiger partial charge in [0.25, 0.3) is 0 Å². The van der Waals surface area contributed by atoms with E-state index >= 15 is 0 Å². The number of benzene rings is 1. The van der Waals surface area contributed by atoms with Gasteiger partial charge in [0.2, 0.25) is 0 Å². The maximum absolute atomic E-state index is 5.45. The fourth-order valence-electron chi connectivity index (χ4n) is 2.80. The van der Waals surface area contributed by atoms with Gasteiger partial charge in [-0.3, -0.25) is 0 Å². The highest BCUT2D eigenvalue weighted by molar-refractivity contribution is 5.90. The molecule has 0 fully saturated rings. The highest BCUT2D eigenvalue weighted by Crippen LogP contribution is 2.35. The van der Waals surface area contributed by atoms with Crippen molar-refractivity contribution in [1.82, 2.24) is 4.57 Å². The summed E-state index contributed by atoms with van der Waals surface area (Å²) in [5, 5.41) is 1.35.